The van der Waals surface area contributed by atoms with Crippen LogP contribution in [0, 0.1) is 23.4 Å². The third-order valence-corrected chi connectivity index (χ3v) is 7.56. The fourth-order valence-electron chi connectivity index (χ4n) is 5.02. The van der Waals surface area contributed by atoms with Gasteiger partial charge in [-0.1, -0.05) is 76.6 Å². The quantitative estimate of drug-likeness (QED) is 0.157. The number of benzene rings is 3. The molecule has 0 radical (unpaired) electrons. The second-order valence-electron chi connectivity index (χ2n) is 11.0. The molecule has 0 aliphatic carbocycles. The van der Waals surface area contributed by atoms with Gasteiger partial charge >= 0.3 is 0 Å². The summed E-state index contributed by atoms with van der Waals surface area (Å²) in [5, 5.41) is 0. The standard InChI is InChI=1S/C35H43F3O4/c1-3-5-7-8-10-20-39-32-19-18-30(34(37)35(32)38)27-14-12-26(13-15-27)29-17-16-28(21-31(29)36)40-22-25-23-41-33(42-24-25)11-9-6-4-2/h12-19,21,25,33H,3-11,20,22-24H2,1-2H3. The Hall–Kier alpha value is -3.03. The van der Waals surface area contributed by atoms with E-state index in [1.165, 1.54) is 24.6 Å². The van der Waals surface area contributed by atoms with Crippen LogP contribution in [0.25, 0.3) is 22.3 Å². The molecule has 4 nitrogen and oxygen atoms in total. The first-order valence-electron chi connectivity index (χ1n) is 15.4. The lowest BCUT2D eigenvalue weighted by Crippen LogP contribution is -2.35. The third-order valence-electron chi connectivity index (χ3n) is 7.56. The summed E-state index contributed by atoms with van der Waals surface area (Å²) in [6, 6.07) is 14.4. The summed E-state index contributed by atoms with van der Waals surface area (Å²) in [5.74, 6) is -1.95. The molecule has 0 saturated carbocycles. The van der Waals surface area contributed by atoms with Crippen molar-refractivity contribution in [3.8, 4) is 33.8 Å². The Morgan fingerprint density at radius 1 is 0.690 bits per heavy atom. The molecule has 1 heterocycles. The Kier molecular flexibility index (Phi) is 12.6. The van der Waals surface area contributed by atoms with Crippen LogP contribution in [0.4, 0.5) is 13.2 Å². The van der Waals surface area contributed by atoms with Gasteiger partial charge in [0.15, 0.2) is 17.9 Å². The van der Waals surface area contributed by atoms with Crippen molar-refractivity contribution in [2.45, 2.75) is 77.9 Å². The van der Waals surface area contributed by atoms with Crippen molar-refractivity contribution < 1.29 is 32.1 Å². The van der Waals surface area contributed by atoms with Gasteiger partial charge in [0.25, 0.3) is 0 Å². The van der Waals surface area contributed by atoms with Crippen molar-refractivity contribution in [2.24, 2.45) is 5.92 Å². The van der Waals surface area contributed by atoms with Gasteiger partial charge in [-0.3, -0.25) is 0 Å². The average Bonchev–Trinajstić information content (AvgIpc) is 3.01. The number of ether oxygens (including phenoxy) is 4. The highest BCUT2D eigenvalue weighted by Crippen LogP contribution is 2.33. The van der Waals surface area contributed by atoms with Crippen molar-refractivity contribution in [1.82, 2.24) is 0 Å². The molecule has 3 aromatic rings. The van der Waals surface area contributed by atoms with Crippen molar-refractivity contribution in [2.75, 3.05) is 26.4 Å². The van der Waals surface area contributed by atoms with Gasteiger partial charge in [0.05, 0.1) is 26.4 Å². The molecule has 0 N–H and O–H groups in total. The topological polar surface area (TPSA) is 36.9 Å². The summed E-state index contributed by atoms with van der Waals surface area (Å²) in [6.45, 7) is 6.16. The van der Waals surface area contributed by atoms with Crippen molar-refractivity contribution in [3.63, 3.8) is 0 Å². The van der Waals surface area contributed by atoms with Crippen molar-refractivity contribution in [3.05, 3.63) is 72.0 Å². The van der Waals surface area contributed by atoms with Gasteiger partial charge in [-0.2, -0.15) is 4.39 Å². The smallest absolute Gasteiger partial charge is 0.201 e. The van der Waals surface area contributed by atoms with E-state index in [4.69, 9.17) is 18.9 Å². The van der Waals surface area contributed by atoms with E-state index >= 15 is 4.39 Å². The van der Waals surface area contributed by atoms with Crippen LogP contribution in [0.5, 0.6) is 11.5 Å². The monoisotopic (exact) mass is 584 g/mol. The number of hydrogen-bond donors (Lipinski definition) is 0. The van der Waals surface area contributed by atoms with Gasteiger partial charge < -0.3 is 18.9 Å². The van der Waals surface area contributed by atoms with E-state index in [2.05, 4.69) is 13.8 Å². The second kappa shape index (κ2) is 16.6. The molecule has 1 fully saturated rings. The molecule has 7 heteroatoms. The van der Waals surface area contributed by atoms with Crippen LogP contribution in [0.3, 0.4) is 0 Å². The zero-order chi connectivity index (χ0) is 29.7. The lowest BCUT2D eigenvalue weighted by molar-refractivity contribution is -0.206. The minimum atomic E-state index is -0.995. The predicted octanol–water partition coefficient (Wildman–Crippen LogP) is 9.74. The van der Waals surface area contributed by atoms with Crippen LogP contribution >= 0.6 is 0 Å². The highest BCUT2D eigenvalue weighted by molar-refractivity contribution is 5.71. The van der Waals surface area contributed by atoms with Gasteiger partial charge in [-0.15, -0.1) is 0 Å². The molecule has 4 rings (SSSR count). The van der Waals surface area contributed by atoms with E-state index < -0.39 is 17.5 Å². The van der Waals surface area contributed by atoms with E-state index in [1.807, 2.05) is 0 Å². The maximum atomic E-state index is 15.0. The van der Waals surface area contributed by atoms with Crippen LogP contribution in [-0.4, -0.2) is 32.7 Å². The third kappa shape index (κ3) is 8.98. The summed E-state index contributed by atoms with van der Waals surface area (Å²) in [5.41, 5.74) is 1.63. The minimum absolute atomic E-state index is 0.0807. The fraction of sp³-hybridized carbons (Fsp3) is 0.486. The summed E-state index contributed by atoms with van der Waals surface area (Å²) < 4.78 is 67.5. The lowest BCUT2D eigenvalue weighted by Gasteiger charge is -2.29. The fourth-order valence-corrected chi connectivity index (χ4v) is 5.02. The normalized spacial score (nSPS) is 16.9. The first-order valence-corrected chi connectivity index (χ1v) is 15.4. The molecular formula is C35H43F3O4. The van der Waals surface area contributed by atoms with E-state index in [9.17, 15) is 8.78 Å². The van der Waals surface area contributed by atoms with Crippen LogP contribution < -0.4 is 9.47 Å². The summed E-state index contributed by atoms with van der Waals surface area (Å²) in [7, 11) is 0. The number of unbranched alkanes of at least 4 members (excludes halogenated alkanes) is 6. The highest BCUT2D eigenvalue weighted by atomic mass is 19.2. The second-order valence-corrected chi connectivity index (χ2v) is 11.0. The minimum Gasteiger partial charge on any atom is -0.493 e. The van der Waals surface area contributed by atoms with Gasteiger partial charge in [0.1, 0.15) is 11.6 Å². The number of hydrogen-bond acceptors (Lipinski definition) is 4. The molecule has 0 aromatic heterocycles. The van der Waals surface area contributed by atoms with Crippen LogP contribution in [-0.2, 0) is 9.47 Å². The molecule has 0 amide bonds. The molecule has 228 valence electrons. The number of rotatable bonds is 16. The van der Waals surface area contributed by atoms with E-state index in [1.54, 1.807) is 36.4 Å². The van der Waals surface area contributed by atoms with Crippen molar-refractivity contribution in [1.29, 1.82) is 0 Å². The largest absolute Gasteiger partial charge is 0.493 e. The van der Waals surface area contributed by atoms with Gasteiger partial charge in [-0.25, -0.2) is 8.78 Å². The maximum Gasteiger partial charge on any atom is 0.201 e. The maximum absolute atomic E-state index is 15.0. The lowest BCUT2D eigenvalue weighted by atomic mass is 9.99. The highest BCUT2D eigenvalue weighted by Gasteiger charge is 2.23. The first-order chi connectivity index (χ1) is 20.5. The Morgan fingerprint density at radius 2 is 1.33 bits per heavy atom. The predicted molar refractivity (Wildman–Crippen MR) is 160 cm³/mol. The van der Waals surface area contributed by atoms with E-state index in [0.717, 1.165) is 51.4 Å². The molecular weight excluding hydrogens is 541 g/mol. The zero-order valence-electron chi connectivity index (χ0n) is 24.8. The Bertz CT molecular complexity index is 1240. The average molecular weight is 585 g/mol. The molecule has 0 bridgehead atoms. The Balaban J connectivity index is 1.30. The molecule has 0 unspecified atom stereocenters. The Labute approximate surface area is 248 Å². The first kappa shape index (κ1) is 31.9. The molecule has 0 spiro atoms. The van der Waals surface area contributed by atoms with Crippen LogP contribution in [0.1, 0.15) is 71.6 Å². The molecule has 0 atom stereocenters. The van der Waals surface area contributed by atoms with Gasteiger partial charge in [0.2, 0.25) is 5.82 Å². The van der Waals surface area contributed by atoms with E-state index in [-0.39, 0.29) is 23.5 Å². The summed E-state index contributed by atoms with van der Waals surface area (Å²) in [4.78, 5) is 0. The van der Waals surface area contributed by atoms with Crippen LogP contribution in [0.2, 0.25) is 0 Å². The molecule has 1 aliphatic rings. The summed E-state index contributed by atoms with van der Waals surface area (Å²) >= 11 is 0. The molecule has 42 heavy (non-hydrogen) atoms. The molecule has 1 saturated heterocycles. The number of halogens is 3. The van der Waals surface area contributed by atoms with Gasteiger partial charge in [-0.05, 0) is 54.7 Å². The van der Waals surface area contributed by atoms with E-state index in [0.29, 0.717) is 48.9 Å². The van der Waals surface area contributed by atoms with Gasteiger partial charge in [0, 0.05) is 23.1 Å². The summed E-state index contributed by atoms with van der Waals surface area (Å²) in [6.07, 6.45) is 9.41. The molecule has 1 aliphatic heterocycles. The zero-order valence-corrected chi connectivity index (χ0v) is 24.8. The van der Waals surface area contributed by atoms with Crippen LogP contribution in [0.15, 0.2) is 54.6 Å². The van der Waals surface area contributed by atoms with Crippen molar-refractivity contribution >= 4 is 0 Å². The Morgan fingerprint density at radius 3 is 2.02 bits per heavy atom. The molecule has 3 aromatic carbocycles. The SMILES string of the molecule is CCCCCCCOc1ccc(-c2ccc(-c3ccc(OCC4COC(CCCCC)OC4)cc3F)cc2)c(F)c1F.